The topological polar surface area (TPSA) is 21.3 Å². The van der Waals surface area contributed by atoms with Gasteiger partial charge in [-0.15, -0.1) is 0 Å². The van der Waals surface area contributed by atoms with Gasteiger partial charge in [0.25, 0.3) is 0 Å². The normalized spacial score (nSPS) is 38.2. The van der Waals surface area contributed by atoms with Crippen LogP contribution in [0.3, 0.4) is 0 Å². The van der Waals surface area contributed by atoms with Gasteiger partial charge in [-0.25, -0.2) is 0 Å². The zero-order valence-electron chi connectivity index (χ0n) is 5.48. The largest absolute Gasteiger partial charge is 0.361 e. The molecule has 0 aromatic rings. The standard InChI is InChI=1S/C6H13NO/c1-3-6-5(2)7-4-8-6/h5-7H,3-4H2,1-2H3. The molecule has 0 saturated carbocycles. The lowest BCUT2D eigenvalue weighted by Crippen LogP contribution is -2.25. The summed E-state index contributed by atoms with van der Waals surface area (Å²) in [5.41, 5.74) is 0. The van der Waals surface area contributed by atoms with Crippen molar-refractivity contribution in [3.05, 3.63) is 0 Å². The predicted molar refractivity (Wildman–Crippen MR) is 32.6 cm³/mol. The third kappa shape index (κ3) is 1.01. The molecule has 1 rings (SSSR count). The van der Waals surface area contributed by atoms with Crippen molar-refractivity contribution in [1.82, 2.24) is 5.32 Å². The van der Waals surface area contributed by atoms with Crippen LogP contribution in [0.2, 0.25) is 0 Å². The Bertz CT molecular complexity index is 74.9. The van der Waals surface area contributed by atoms with Gasteiger partial charge >= 0.3 is 0 Å². The molecule has 1 heterocycles. The average molecular weight is 115 g/mol. The number of hydrogen-bond donors (Lipinski definition) is 1. The van der Waals surface area contributed by atoms with Crippen LogP contribution in [0.15, 0.2) is 0 Å². The van der Waals surface area contributed by atoms with E-state index in [-0.39, 0.29) is 0 Å². The molecule has 0 aliphatic carbocycles. The van der Waals surface area contributed by atoms with Crippen molar-refractivity contribution in [2.45, 2.75) is 32.4 Å². The second-order valence-electron chi connectivity index (χ2n) is 2.25. The lowest BCUT2D eigenvalue weighted by molar-refractivity contribution is 0.101. The van der Waals surface area contributed by atoms with Gasteiger partial charge in [-0.1, -0.05) is 6.92 Å². The van der Waals surface area contributed by atoms with E-state index in [1.165, 1.54) is 0 Å². The van der Waals surface area contributed by atoms with E-state index in [0.29, 0.717) is 12.1 Å². The highest BCUT2D eigenvalue weighted by molar-refractivity contribution is 4.74. The third-order valence-corrected chi connectivity index (χ3v) is 1.66. The minimum atomic E-state index is 0.454. The van der Waals surface area contributed by atoms with Crippen LogP contribution in [0.1, 0.15) is 20.3 Å². The van der Waals surface area contributed by atoms with Crippen molar-refractivity contribution < 1.29 is 4.74 Å². The Labute approximate surface area is 50.2 Å². The quantitative estimate of drug-likeness (QED) is 0.544. The van der Waals surface area contributed by atoms with E-state index < -0.39 is 0 Å². The van der Waals surface area contributed by atoms with Gasteiger partial charge in [0.2, 0.25) is 0 Å². The van der Waals surface area contributed by atoms with E-state index in [1.807, 2.05) is 0 Å². The molecule has 0 aromatic heterocycles. The van der Waals surface area contributed by atoms with E-state index in [0.717, 1.165) is 13.2 Å². The van der Waals surface area contributed by atoms with Gasteiger partial charge in [-0.2, -0.15) is 0 Å². The second kappa shape index (κ2) is 2.46. The molecule has 0 amide bonds. The summed E-state index contributed by atoms with van der Waals surface area (Å²) in [5, 5.41) is 3.20. The summed E-state index contributed by atoms with van der Waals surface area (Å²) in [6.45, 7) is 5.04. The minimum Gasteiger partial charge on any atom is -0.361 e. The lowest BCUT2D eigenvalue weighted by atomic mass is 10.1. The molecule has 1 aliphatic heterocycles. The Hall–Kier alpha value is -0.0800. The first-order valence-electron chi connectivity index (χ1n) is 3.19. The molecule has 1 fully saturated rings. The van der Waals surface area contributed by atoms with Crippen LogP contribution in [0.25, 0.3) is 0 Å². The number of ether oxygens (including phenoxy) is 1. The van der Waals surface area contributed by atoms with Crippen molar-refractivity contribution in [3.8, 4) is 0 Å². The number of rotatable bonds is 1. The maximum absolute atomic E-state index is 5.30. The van der Waals surface area contributed by atoms with Gasteiger partial charge in [0.15, 0.2) is 0 Å². The molecule has 0 aromatic carbocycles. The molecular formula is C6H13NO. The Morgan fingerprint density at radius 3 is 2.75 bits per heavy atom. The summed E-state index contributed by atoms with van der Waals surface area (Å²) in [7, 11) is 0. The first-order chi connectivity index (χ1) is 3.84. The van der Waals surface area contributed by atoms with Crippen LogP contribution in [-0.2, 0) is 4.74 Å². The average Bonchev–Trinajstić information content (AvgIpc) is 2.14. The molecule has 1 N–H and O–H groups in total. The smallest absolute Gasteiger partial charge is 0.0972 e. The third-order valence-electron chi connectivity index (χ3n) is 1.66. The Balaban J connectivity index is 2.30. The van der Waals surface area contributed by atoms with Crippen LogP contribution >= 0.6 is 0 Å². The van der Waals surface area contributed by atoms with Crippen LogP contribution in [0.5, 0.6) is 0 Å². The van der Waals surface area contributed by atoms with Gasteiger partial charge in [-0.05, 0) is 13.3 Å². The maximum atomic E-state index is 5.30. The molecule has 0 spiro atoms. The Kier molecular flexibility index (Phi) is 1.86. The zero-order valence-corrected chi connectivity index (χ0v) is 5.48. The molecule has 2 unspecified atom stereocenters. The second-order valence-corrected chi connectivity index (χ2v) is 2.25. The first-order valence-corrected chi connectivity index (χ1v) is 3.19. The fraction of sp³-hybridized carbons (Fsp3) is 1.00. The summed E-state index contributed by atoms with van der Waals surface area (Å²) in [6.07, 6.45) is 1.57. The van der Waals surface area contributed by atoms with Crippen LogP contribution in [0, 0.1) is 0 Å². The monoisotopic (exact) mass is 115 g/mol. The predicted octanol–water partition coefficient (Wildman–Crippen LogP) is 0.731. The van der Waals surface area contributed by atoms with E-state index in [2.05, 4.69) is 19.2 Å². The summed E-state index contributed by atoms with van der Waals surface area (Å²) < 4.78 is 5.30. The van der Waals surface area contributed by atoms with E-state index in [4.69, 9.17) is 4.74 Å². The van der Waals surface area contributed by atoms with Crippen molar-refractivity contribution in [1.29, 1.82) is 0 Å². The minimum absolute atomic E-state index is 0.454. The summed E-state index contributed by atoms with van der Waals surface area (Å²) >= 11 is 0. The molecule has 0 bridgehead atoms. The number of nitrogens with one attached hydrogen (secondary N) is 1. The molecule has 48 valence electrons. The lowest BCUT2D eigenvalue weighted by Gasteiger charge is -2.08. The Morgan fingerprint density at radius 1 is 1.75 bits per heavy atom. The zero-order chi connectivity index (χ0) is 5.98. The van der Waals surface area contributed by atoms with E-state index >= 15 is 0 Å². The van der Waals surface area contributed by atoms with Gasteiger partial charge in [0.05, 0.1) is 12.8 Å². The SMILES string of the molecule is CCC1OCNC1C. The van der Waals surface area contributed by atoms with Gasteiger partial charge in [0.1, 0.15) is 0 Å². The fourth-order valence-electron chi connectivity index (χ4n) is 1.03. The molecule has 2 nitrogen and oxygen atoms in total. The highest BCUT2D eigenvalue weighted by Crippen LogP contribution is 2.08. The molecular weight excluding hydrogens is 102 g/mol. The molecule has 0 radical (unpaired) electrons. The highest BCUT2D eigenvalue weighted by Gasteiger charge is 2.20. The maximum Gasteiger partial charge on any atom is 0.0972 e. The Morgan fingerprint density at radius 2 is 2.50 bits per heavy atom. The van der Waals surface area contributed by atoms with Crippen LogP contribution in [-0.4, -0.2) is 18.9 Å². The van der Waals surface area contributed by atoms with E-state index in [9.17, 15) is 0 Å². The van der Waals surface area contributed by atoms with Gasteiger partial charge < -0.3 is 4.74 Å². The summed E-state index contributed by atoms with van der Waals surface area (Å²) in [4.78, 5) is 0. The first kappa shape index (κ1) is 6.05. The van der Waals surface area contributed by atoms with Crippen molar-refractivity contribution >= 4 is 0 Å². The summed E-state index contributed by atoms with van der Waals surface area (Å²) in [6, 6.07) is 0.556. The fourth-order valence-corrected chi connectivity index (χ4v) is 1.03. The molecule has 2 heteroatoms. The van der Waals surface area contributed by atoms with Gasteiger partial charge in [-0.3, -0.25) is 5.32 Å². The molecule has 1 saturated heterocycles. The van der Waals surface area contributed by atoms with Gasteiger partial charge in [0, 0.05) is 6.04 Å². The highest BCUT2D eigenvalue weighted by atomic mass is 16.5. The van der Waals surface area contributed by atoms with Crippen LogP contribution < -0.4 is 5.32 Å². The van der Waals surface area contributed by atoms with Crippen molar-refractivity contribution in [2.75, 3.05) is 6.73 Å². The molecule has 8 heavy (non-hydrogen) atoms. The number of hydrogen-bond acceptors (Lipinski definition) is 2. The molecule has 1 aliphatic rings. The summed E-state index contributed by atoms with van der Waals surface area (Å²) in [5.74, 6) is 0. The van der Waals surface area contributed by atoms with Crippen molar-refractivity contribution in [3.63, 3.8) is 0 Å². The van der Waals surface area contributed by atoms with E-state index in [1.54, 1.807) is 0 Å². The van der Waals surface area contributed by atoms with Crippen molar-refractivity contribution in [2.24, 2.45) is 0 Å². The molecule has 2 atom stereocenters. The van der Waals surface area contributed by atoms with Crippen LogP contribution in [0.4, 0.5) is 0 Å².